The first-order chi connectivity index (χ1) is 11.3. The summed E-state index contributed by atoms with van der Waals surface area (Å²) in [5.74, 6) is 0. The van der Waals surface area contributed by atoms with Gasteiger partial charge in [-0.15, -0.1) is 16.4 Å². The number of aryl methyl sites for hydroxylation is 1. The number of rotatable bonds is 5. The number of nitrogens with zero attached hydrogens (tertiary/aromatic N) is 5. The maximum absolute atomic E-state index is 5.96. The monoisotopic (exact) mass is 330 g/mol. The molecule has 0 saturated heterocycles. The molecule has 0 fully saturated rings. The van der Waals surface area contributed by atoms with Crippen molar-refractivity contribution in [3.8, 4) is 11.3 Å². The van der Waals surface area contributed by atoms with E-state index < -0.39 is 0 Å². The van der Waals surface area contributed by atoms with Crippen LogP contribution in [0.4, 0.5) is 0 Å². The molecule has 3 aromatic rings. The minimum absolute atomic E-state index is 0.117. The number of hydrogen-bond acceptors (Lipinski definition) is 6. The molecule has 23 heavy (non-hydrogen) atoms. The van der Waals surface area contributed by atoms with Gasteiger partial charge in [0.25, 0.3) is 0 Å². The highest BCUT2D eigenvalue weighted by Crippen LogP contribution is 2.24. The summed E-state index contributed by atoms with van der Waals surface area (Å²) in [5, 5.41) is 18.3. The molecule has 0 aromatic carbocycles. The van der Waals surface area contributed by atoms with Gasteiger partial charge in [-0.1, -0.05) is 11.3 Å². The summed E-state index contributed by atoms with van der Waals surface area (Å²) < 4.78 is 9.68. The molecule has 1 aliphatic rings. The molecule has 7 nitrogen and oxygen atoms in total. The first-order valence-corrected chi connectivity index (χ1v) is 8.43. The molecule has 0 bridgehead atoms. The summed E-state index contributed by atoms with van der Waals surface area (Å²) in [5.41, 5.74) is 2.86. The van der Waals surface area contributed by atoms with E-state index in [0.717, 1.165) is 36.6 Å². The third-order valence-electron chi connectivity index (χ3n) is 3.90. The largest absolute Gasteiger partial charge is 0.369 e. The SMILES string of the molecule is Cn1cc(-c2nnn3c2CO[C@@H](CNCc2cccs2)C3)cn1. The third-order valence-corrected chi connectivity index (χ3v) is 4.78. The zero-order valence-corrected chi connectivity index (χ0v) is 13.7. The zero-order chi connectivity index (χ0) is 15.6. The Morgan fingerprint density at radius 1 is 1.48 bits per heavy atom. The van der Waals surface area contributed by atoms with Crippen LogP contribution < -0.4 is 5.32 Å². The Balaban J connectivity index is 1.39. The van der Waals surface area contributed by atoms with E-state index in [1.807, 2.05) is 17.9 Å². The number of nitrogens with one attached hydrogen (secondary N) is 1. The average molecular weight is 330 g/mol. The number of thiophene rings is 1. The Bertz CT molecular complexity index is 778. The summed E-state index contributed by atoms with van der Waals surface area (Å²) in [6.07, 6.45) is 3.87. The standard InChI is InChI=1S/C15H18N6OS/c1-20-8-11(5-17-20)15-14-10-22-12(9-21(14)19-18-15)6-16-7-13-3-2-4-23-13/h2-5,8,12,16H,6-7,9-10H2,1H3/t12-/m0/s1. The minimum Gasteiger partial charge on any atom is -0.369 e. The van der Waals surface area contributed by atoms with Crippen molar-refractivity contribution < 1.29 is 4.74 Å². The van der Waals surface area contributed by atoms with Gasteiger partial charge in [0.1, 0.15) is 5.69 Å². The van der Waals surface area contributed by atoms with Crippen LogP contribution in [0.15, 0.2) is 29.9 Å². The first kappa shape index (κ1) is 14.6. The molecule has 0 radical (unpaired) electrons. The lowest BCUT2D eigenvalue weighted by Gasteiger charge is -2.24. The predicted molar refractivity (Wildman–Crippen MR) is 86.8 cm³/mol. The molecule has 4 rings (SSSR count). The van der Waals surface area contributed by atoms with Crippen molar-refractivity contribution in [3.63, 3.8) is 0 Å². The fourth-order valence-corrected chi connectivity index (χ4v) is 3.40. The van der Waals surface area contributed by atoms with Gasteiger partial charge in [-0.3, -0.25) is 4.68 Å². The Kier molecular flexibility index (Phi) is 3.94. The Hall–Kier alpha value is -2.03. The second kappa shape index (κ2) is 6.23. The molecule has 0 saturated carbocycles. The van der Waals surface area contributed by atoms with E-state index in [1.54, 1.807) is 22.2 Å². The maximum Gasteiger partial charge on any atom is 0.121 e. The molecule has 1 atom stereocenters. The molecular weight excluding hydrogens is 312 g/mol. The van der Waals surface area contributed by atoms with Crippen molar-refractivity contribution in [1.29, 1.82) is 0 Å². The van der Waals surface area contributed by atoms with Gasteiger partial charge in [0.2, 0.25) is 0 Å². The average Bonchev–Trinajstić information content (AvgIpc) is 3.27. The van der Waals surface area contributed by atoms with Crippen LogP contribution in [0.2, 0.25) is 0 Å². The third kappa shape index (κ3) is 3.05. The van der Waals surface area contributed by atoms with Gasteiger partial charge in [0.05, 0.1) is 31.1 Å². The molecule has 4 heterocycles. The van der Waals surface area contributed by atoms with Crippen molar-refractivity contribution in [2.24, 2.45) is 7.05 Å². The number of aromatic nitrogens is 5. The fourth-order valence-electron chi connectivity index (χ4n) is 2.73. The lowest BCUT2D eigenvalue weighted by atomic mass is 10.2. The number of hydrogen-bond donors (Lipinski definition) is 1. The quantitative estimate of drug-likeness (QED) is 0.766. The van der Waals surface area contributed by atoms with Crippen LogP contribution in [0.25, 0.3) is 11.3 Å². The molecule has 1 N–H and O–H groups in total. The summed E-state index contributed by atoms with van der Waals surface area (Å²) >= 11 is 1.76. The molecule has 1 aliphatic heterocycles. The molecular formula is C15H18N6OS. The van der Waals surface area contributed by atoms with Crippen molar-refractivity contribution in [3.05, 3.63) is 40.5 Å². The van der Waals surface area contributed by atoms with Crippen LogP contribution in [0, 0.1) is 0 Å². The van der Waals surface area contributed by atoms with Crippen molar-refractivity contribution >= 4 is 11.3 Å². The second-order valence-electron chi connectivity index (χ2n) is 5.61. The van der Waals surface area contributed by atoms with Gasteiger partial charge in [-0.25, -0.2) is 4.68 Å². The van der Waals surface area contributed by atoms with Gasteiger partial charge in [0.15, 0.2) is 0 Å². The van der Waals surface area contributed by atoms with Crippen LogP contribution in [-0.4, -0.2) is 37.4 Å². The van der Waals surface area contributed by atoms with E-state index in [4.69, 9.17) is 4.74 Å². The molecule has 120 valence electrons. The molecule has 0 unspecified atom stereocenters. The van der Waals surface area contributed by atoms with Gasteiger partial charge in [-0.05, 0) is 11.4 Å². The maximum atomic E-state index is 5.96. The lowest BCUT2D eigenvalue weighted by Crippen LogP contribution is -2.36. The lowest BCUT2D eigenvalue weighted by molar-refractivity contribution is 0.00128. The Morgan fingerprint density at radius 2 is 2.43 bits per heavy atom. The summed E-state index contributed by atoms with van der Waals surface area (Å²) in [6.45, 7) is 2.94. The molecule has 3 aromatic heterocycles. The van der Waals surface area contributed by atoms with Crippen molar-refractivity contribution in [1.82, 2.24) is 30.1 Å². The van der Waals surface area contributed by atoms with Gasteiger partial charge in [0, 0.05) is 36.8 Å². The Labute approximate surface area is 137 Å². The van der Waals surface area contributed by atoms with Crippen LogP contribution in [-0.2, 0) is 31.5 Å². The number of fused-ring (bicyclic) bond motifs is 1. The highest BCUT2D eigenvalue weighted by atomic mass is 32.1. The van der Waals surface area contributed by atoms with Crippen LogP contribution in [0.1, 0.15) is 10.6 Å². The zero-order valence-electron chi connectivity index (χ0n) is 12.8. The fraction of sp³-hybridized carbons (Fsp3) is 0.400. The molecule has 0 aliphatic carbocycles. The smallest absolute Gasteiger partial charge is 0.121 e. The van der Waals surface area contributed by atoms with Crippen molar-refractivity contribution in [2.75, 3.05) is 6.54 Å². The minimum atomic E-state index is 0.117. The van der Waals surface area contributed by atoms with E-state index in [9.17, 15) is 0 Å². The summed E-state index contributed by atoms with van der Waals surface area (Å²) in [4.78, 5) is 1.33. The van der Waals surface area contributed by atoms with Crippen molar-refractivity contribution in [2.45, 2.75) is 25.8 Å². The predicted octanol–water partition coefficient (Wildman–Crippen LogP) is 1.43. The van der Waals surface area contributed by atoms with E-state index in [1.165, 1.54) is 4.88 Å². The highest BCUT2D eigenvalue weighted by Gasteiger charge is 2.24. The molecule has 8 heteroatoms. The van der Waals surface area contributed by atoms with E-state index in [0.29, 0.717) is 6.61 Å². The van der Waals surface area contributed by atoms with E-state index in [2.05, 4.69) is 38.2 Å². The van der Waals surface area contributed by atoms with Gasteiger partial charge in [-0.2, -0.15) is 5.10 Å². The van der Waals surface area contributed by atoms with E-state index >= 15 is 0 Å². The first-order valence-electron chi connectivity index (χ1n) is 7.55. The van der Waals surface area contributed by atoms with Gasteiger partial charge >= 0.3 is 0 Å². The molecule has 0 spiro atoms. The summed E-state index contributed by atoms with van der Waals surface area (Å²) in [6, 6.07) is 4.20. The number of ether oxygens (including phenoxy) is 1. The summed E-state index contributed by atoms with van der Waals surface area (Å²) in [7, 11) is 1.89. The highest BCUT2D eigenvalue weighted by molar-refractivity contribution is 7.09. The van der Waals surface area contributed by atoms with Crippen LogP contribution in [0.5, 0.6) is 0 Å². The van der Waals surface area contributed by atoms with Gasteiger partial charge < -0.3 is 10.1 Å². The normalized spacial score (nSPS) is 17.3. The topological polar surface area (TPSA) is 69.8 Å². The Morgan fingerprint density at radius 3 is 3.22 bits per heavy atom. The second-order valence-corrected chi connectivity index (χ2v) is 6.65. The van der Waals surface area contributed by atoms with Crippen LogP contribution in [0.3, 0.4) is 0 Å². The van der Waals surface area contributed by atoms with E-state index in [-0.39, 0.29) is 6.10 Å². The molecule has 0 amide bonds. The van der Waals surface area contributed by atoms with Crippen LogP contribution >= 0.6 is 11.3 Å².